The quantitative estimate of drug-likeness (QED) is 0.857. The molecule has 0 unspecified atom stereocenters. The summed E-state index contributed by atoms with van der Waals surface area (Å²) in [5, 5.41) is 10.1. The van der Waals surface area contributed by atoms with Crippen LogP contribution in [-0.2, 0) is 14.4 Å². The van der Waals surface area contributed by atoms with Gasteiger partial charge in [0.15, 0.2) is 0 Å². The number of anilines is 2. The summed E-state index contributed by atoms with van der Waals surface area (Å²) in [5.41, 5.74) is 1.52. The highest BCUT2D eigenvalue weighted by molar-refractivity contribution is 6.34. The second-order valence-electron chi connectivity index (χ2n) is 6.23. The molecule has 6 nitrogen and oxygen atoms in total. The average Bonchev–Trinajstić information content (AvgIpc) is 3.00. The lowest BCUT2D eigenvalue weighted by Crippen LogP contribution is -2.40. The van der Waals surface area contributed by atoms with E-state index in [1.165, 1.54) is 6.92 Å². The van der Waals surface area contributed by atoms with Crippen LogP contribution in [0.5, 0.6) is 0 Å². The van der Waals surface area contributed by atoms with Crippen LogP contribution in [0.4, 0.5) is 11.4 Å². The van der Waals surface area contributed by atoms with Gasteiger partial charge in [-0.15, -0.1) is 0 Å². The average molecular weight is 372 g/mol. The van der Waals surface area contributed by atoms with Crippen LogP contribution in [0.15, 0.2) is 53.7 Å². The van der Waals surface area contributed by atoms with Crippen LogP contribution >= 0.6 is 11.6 Å². The van der Waals surface area contributed by atoms with Crippen molar-refractivity contribution in [2.75, 3.05) is 10.6 Å². The van der Waals surface area contributed by atoms with Gasteiger partial charge in [0.1, 0.15) is 0 Å². The normalized spacial score (nSPS) is 18.7. The van der Waals surface area contributed by atoms with E-state index in [1.807, 2.05) is 18.2 Å². The van der Waals surface area contributed by atoms with E-state index in [9.17, 15) is 9.59 Å². The van der Waals surface area contributed by atoms with Crippen molar-refractivity contribution in [2.24, 2.45) is 5.16 Å². The Morgan fingerprint density at radius 3 is 2.31 bits per heavy atom. The number of hydrogen-bond acceptors (Lipinski definition) is 4. The van der Waals surface area contributed by atoms with Crippen molar-refractivity contribution >= 4 is 40.5 Å². The van der Waals surface area contributed by atoms with Crippen molar-refractivity contribution in [1.82, 2.24) is 0 Å². The summed E-state index contributed by atoms with van der Waals surface area (Å²) < 4.78 is 0. The molecule has 3 rings (SSSR count). The van der Waals surface area contributed by atoms with E-state index in [0.29, 0.717) is 28.5 Å². The van der Waals surface area contributed by atoms with E-state index >= 15 is 0 Å². The number of nitrogens with one attached hydrogen (secondary N) is 2. The molecule has 1 atom stereocenters. The highest BCUT2D eigenvalue weighted by Gasteiger charge is 2.42. The smallest absolute Gasteiger partial charge is 0.271 e. The molecule has 0 fully saturated rings. The molecule has 0 aliphatic carbocycles. The first kappa shape index (κ1) is 17.9. The summed E-state index contributed by atoms with van der Waals surface area (Å²) in [4.78, 5) is 29.1. The number of halogens is 1. The molecule has 1 aliphatic rings. The second-order valence-corrected chi connectivity index (χ2v) is 6.64. The summed E-state index contributed by atoms with van der Waals surface area (Å²) in [6.07, 6.45) is 0.312. The Labute approximate surface area is 156 Å². The Bertz CT molecular complexity index is 880. The lowest BCUT2D eigenvalue weighted by Gasteiger charge is -2.20. The van der Waals surface area contributed by atoms with Gasteiger partial charge in [0, 0.05) is 35.3 Å². The molecule has 0 spiro atoms. The molecular formula is C19H18ClN3O3. The third-order valence-electron chi connectivity index (χ3n) is 3.99. The number of oxime groups is 1. The van der Waals surface area contributed by atoms with E-state index in [1.54, 1.807) is 37.3 Å². The molecule has 1 heterocycles. The van der Waals surface area contributed by atoms with Crippen LogP contribution in [0.1, 0.15) is 25.8 Å². The fourth-order valence-electron chi connectivity index (χ4n) is 2.60. The zero-order valence-corrected chi connectivity index (χ0v) is 15.1. The number of rotatable bonds is 4. The Morgan fingerprint density at radius 1 is 1.08 bits per heavy atom. The van der Waals surface area contributed by atoms with Gasteiger partial charge >= 0.3 is 0 Å². The van der Waals surface area contributed by atoms with Crippen LogP contribution in [-0.4, -0.2) is 23.1 Å². The monoisotopic (exact) mass is 371 g/mol. The second kappa shape index (κ2) is 7.17. The van der Waals surface area contributed by atoms with Crippen LogP contribution in [0.2, 0.25) is 5.02 Å². The van der Waals surface area contributed by atoms with E-state index in [-0.39, 0.29) is 11.8 Å². The SMILES string of the molecule is CC(=O)Nc1ccc(NC(=O)[C@]2(C)CC(c3ccccc3Cl)=NO2)cc1. The topological polar surface area (TPSA) is 79.8 Å². The number of carbonyl (C=O) groups is 2. The lowest BCUT2D eigenvalue weighted by molar-refractivity contribution is -0.135. The lowest BCUT2D eigenvalue weighted by atomic mass is 9.95. The van der Waals surface area contributed by atoms with Crippen LogP contribution in [0, 0.1) is 0 Å². The first-order chi connectivity index (χ1) is 12.4. The Kier molecular flexibility index (Phi) is 4.95. The van der Waals surface area contributed by atoms with Crippen LogP contribution in [0.25, 0.3) is 0 Å². The van der Waals surface area contributed by atoms with Crippen molar-refractivity contribution in [3.8, 4) is 0 Å². The van der Waals surface area contributed by atoms with Gasteiger partial charge < -0.3 is 15.5 Å². The highest BCUT2D eigenvalue weighted by atomic mass is 35.5. The third kappa shape index (κ3) is 3.86. The summed E-state index contributed by atoms with van der Waals surface area (Å²) >= 11 is 6.19. The number of hydrogen-bond donors (Lipinski definition) is 2. The molecule has 2 aromatic rings. The molecular weight excluding hydrogens is 354 g/mol. The predicted octanol–water partition coefficient (Wildman–Crippen LogP) is 3.82. The molecule has 7 heteroatoms. The Balaban J connectivity index is 1.67. The van der Waals surface area contributed by atoms with Gasteiger partial charge in [-0.25, -0.2) is 0 Å². The highest BCUT2D eigenvalue weighted by Crippen LogP contribution is 2.30. The van der Waals surface area contributed by atoms with Crippen molar-refractivity contribution in [2.45, 2.75) is 25.9 Å². The number of carbonyl (C=O) groups excluding carboxylic acids is 2. The minimum atomic E-state index is -1.12. The molecule has 0 saturated carbocycles. The maximum absolute atomic E-state index is 12.6. The maximum Gasteiger partial charge on any atom is 0.271 e. The van der Waals surface area contributed by atoms with Gasteiger partial charge in [-0.05, 0) is 37.3 Å². The largest absolute Gasteiger partial charge is 0.379 e. The first-order valence-corrected chi connectivity index (χ1v) is 8.44. The molecule has 0 saturated heterocycles. The van der Waals surface area contributed by atoms with Crippen molar-refractivity contribution in [1.29, 1.82) is 0 Å². The fourth-order valence-corrected chi connectivity index (χ4v) is 2.85. The number of nitrogens with zero attached hydrogens (tertiary/aromatic N) is 1. The van der Waals surface area contributed by atoms with E-state index in [2.05, 4.69) is 15.8 Å². The van der Waals surface area contributed by atoms with Gasteiger partial charge in [0.25, 0.3) is 5.91 Å². The zero-order valence-electron chi connectivity index (χ0n) is 14.4. The van der Waals surface area contributed by atoms with Gasteiger partial charge in [-0.1, -0.05) is 35.0 Å². The Morgan fingerprint density at radius 2 is 1.69 bits per heavy atom. The minimum Gasteiger partial charge on any atom is -0.379 e. The van der Waals surface area contributed by atoms with Gasteiger partial charge in [-0.3, -0.25) is 9.59 Å². The standard InChI is InChI=1S/C19H18ClN3O3/c1-12(24)21-13-7-9-14(10-8-13)22-18(25)19(2)11-17(23-26-19)15-5-3-4-6-16(15)20/h3-10H,11H2,1-2H3,(H,21,24)(H,22,25)/t19-/m0/s1. The molecule has 0 radical (unpaired) electrons. The first-order valence-electron chi connectivity index (χ1n) is 8.06. The molecule has 134 valence electrons. The molecule has 2 aromatic carbocycles. The molecule has 26 heavy (non-hydrogen) atoms. The predicted molar refractivity (Wildman–Crippen MR) is 101 cm³/mol. The van der Waals surface area contributed by atoms with Crippen LogP contribution in [0.3, 0.4) is 0 Å². The molecule has 2 amide bonds. The summed E-state index contributed by atoms with van der Waals surface area (Å²) in [7, 11) is 0. The maximum atomic E-state index is 12.6. The van der Waals surface area contributed by atoms with Gasteiger partial charge in [-0.2, -0.15) is 0 Å². The summed E-state index contributed by atoms with van der Waals surface area (Å²) in [5.74, 6) is -0.464. The van der Waals surface area contributed by atoms with Gasteiger partial charge in [0.05, 0.1) is 5.71 Å². The van der Waals surface area contributed by atoms with Crippen LogP contribution < -0.4 is 10.6 Å². The summed E-state index contributed by atoms with van der Waals surface area (Å²) in [6, 6.07) is 14.1. The van der Waals surface area contributed by atoms with E-state index < -0.39 is 5.60 Å². The Hall–Kier alpha value is -2.86. The number of amides is 2. The van der Waals surface area contributed by atoms with E-state index in [0.717, 1.165) is 5.56 Å². The van der Waals surface area contributed by atoms with E-state index in [4.69, 9.17) is 16.4 Å². The van der Waals surface area contributed by atoms with Crippen molar-refractivity contribution < 1.29 is 14.4 Å². The van der Waals surface area contributed by atoms with Gasteiger partial charge in [0.2, 0.25) is 11.5 Å². The summed E-state index contributed by atoms with van der Waals surface area (Å²) in [6.45, 7) is 3.12. The molecule has 1 aliphatic heterocycles. The van der Waals surface area contributed by atoms with Crippen molar-refractivity contribution in [3.05, 3.63) is 59.1 Å². The minimum absolute atomic E-state index is 0.155. The molecule has 2 N–H and O–H groups in total. The molecule has 0 aromatic heterocycles. The third-order valence-corrected chi connectivity index (χ3v) is 4.32. The fraction of sp³-hybridized carbons (Fsp3) is 0.211. The zero-order chi connectivity index (χ0) is 18.7. The molecule has 0 bridgehead atoms. The van der Waals surface area contributed by atoms with Crippen molar-refractivity contribution in [3.63, 3.8) is 0 Å². The number of benzene rings is 2.